The highest BCUT2D eigenvalue weighted by Crippen LogP contribution is 2.20. The van der Waals surface area contributed by atoms with Crippen molar-refractivity contribution in [3.05, 3.63) is 61.2 Å². The van der Waals surface area contributed by atoms with Crippen molar-refractivity contribution in [2.75, 3.05) is 13.2 Å². The number of nitrogens with zero attached hydrogens (tertiary/aromatic N) is 1. The predicted molar refractivity (Wildman–Crippen MR) is 73.0 cm³/mol. The second-order valence-corrected chi connectivity index (χ2v) is 3.94. The fourth-order valence-electron chi connectivity index (χ4n) is 1.84. The SMILES string of the molecule is C=CCC(=O)N(CC=C)[C@@H](CO)c1ccccc1. The van der Waals surface area contributed by atoms with Gasteiger partial charge in [-0.3, -0.25) is 4.79 Å². The Morgan fingerprint density at radius 1 is 1.28 bits per heavy atom. The molecule has 96 valence electrons. The number of hydrogen-bond donors (Lipinski definition) is 1. The van der Waals surface area contributed by atoms with Crippen LogP contribution in [-0.4, -0.2) is 29.1 Å². The van der Waals surface area contributed by atoms with Crippen LogP contribution in [0.1, 0.15) is 18.0 Å². The summed E-state index contributed by atoms with van der Waals surface area (Å²) < 4.78 is 0. The maximum Gasteiger partial charge on any atom is 0.227 e. The molecule has 0 saturated carbocycles. The summed E-state index contributed by atoms with van der Waals surface area (Å²) in [6, 6.07) is 9.15. The van der Waals surface area contributed by atoms with Gasteiger partial charge in [-0.2, -0.15) is 0 Å². The van der Waals surface area contributed by atoms with Crippen LogP contribution in [0.2, 0.25) is 0 Å². The fourth-order valence-corrected chi connectivity index (χ4v) is 1.84. The molecule has 1 N–H and O–H groups in total. The molecule has 0 aromatic heterocycles. The molecule has 0 radical (unpaired) electrons. The van der Waals surface area contributed by atoms with Gasteiger partial charge in [-0.05, 0) is 5.56 Å². The smallest absolute Gasteiger partial charge is 0.227 e. The lowest BCUT2D eigenvalue weighted by Gasteiger charge is -2.29. The largest absolute Gasteiger partial charge is 0.394 e. The first kappa shape index (κ1) is 14.2. The molecular formula is C15H19NO2. The molecule has 3 nitrogen and oxygen atoms in total. The zero-order valence-electron chi connectivity index (χ0n) is 10.5. The van der Waals surface area contributed by atoms with Gasteiger partial charge >= 0.3 is 0 Å². The maximum atomic E-state index is 12.0. The third-order valence-electron chi connectivity index (χ3n) is 2.70. The van der Waals surface area contributed by atoms with Crippen molar-refractivity contribution in [2.45, 2.75) is 12.5 Å². The Hall–Kier alpha value is -1.87. The standard InChI is InChI=1S/C15H19NO2/c1-3-8-15(18)16(11-4-2)14(12-17)13-9-6-5-7-10-13/h3-7,9-10,14,17H,1-2,8,11-12H2/t14-/m0/s1. The van der Waals surface area contributed by atoms with Crippen LogP contribution in [0, 0.1) is 0 Å². The van der Waals surface area contributed by atoms with E-state index in [4.69, 9.17) is 0 Å². The van der Waals surface area contributed by atoms with Gasteiger partial charge in [0, 0.05) is 13.0 Å². The van der Waals surface area contributed by atoms with Crippen LogP contribution in [0.3, 0.4) is 0 Å². The Bertz CT molecular complexity index is 400. The number of benzene rings is 1. The molecule has 0 heterocycles. The minimum atomic E-state index is -0.336. The van der Waals surface area contributed by atoms with Gasteiger partial charge in [0.2, 0.25) is 5.91 Å². The normalized spacial score (nSPS) is 11.6. The van der Waals surface area contributed by atoms with E-state index in [0.29, 0.717) is 6.54 Å². The van der Waals surface area contributed by atoms with Crippen molar-refractivity contribution in [3.63, 3.8) is 0 Å². The van der Waals surface area contributed by atoms with Crippen LogP contribution >= 0.6 is 0 Å². The van der Waals surface area contributed by atoms with Crippen molar-refractivity contribution in [2.24, 2.45) is 0 Å². The Morgan fingerprint density at radius 3 is 2.44 bits per heavy atom. The van der Waals surface area contributed by atoms with E-state index in [-0.39, 0.29) is 25.0 Å². The molecular weight excluding hydrogens is 226 g/mol. The van der Waals surface area contributed by atoms with Crippen LogP contribution in [0.15, 0.2) is 55.6 Å². The van der Waals surface area contributed by atoms with Crippen molar-refractivity contribution in [1.82, 2.24) is 4.90 Å². The van der Waals surface area contributed by atoms with Crippen molar-refractivity contribution in [3.8, 4) is 0 Å². The van der Waals surface area contributed by atoms with Gasteiger partial charge in [-0.15, -0.1) is 13.2 Å². The average molecular weight is 245 g/mol. The van der Waals surface area contributed by atoms with Crippen LogP contribution in [0.25, 0.3) is 0 Å². The monoisotopic (exact) mass is 245 g/mol. The topological polar surface area (TPSA) is 40.5 Å². The van der Waals surface area contributed by atoms with E-state index < -0.39 is 0 Å². The van der Waals surface area contributed by atoms with Gasteiger partial charge in [0.05, 0.1) is 12.6 Å². The predicted octanol–water partition coefficient (Wildman–Crippen LogP) is 2.31. The Labute approximate surface area is 108 Å². The van der Waals surface area contributed by atoms with E-state index in [0.717, 1.165) is 5.56 Å². The quantitative estimate of drug-likeness (QED) is 0.749. The molecule has 1 amide bonds. The van der Waals surface area contributed by atoms with Gasteiger partial charge in [0.15, 0.2) is 0 Å². The maximum absolute atomic E-state index is 12.0. The second kappa shape index (κ2) is 7.45. The zero-order chi connectivity index (χ0) is 13.4. The van der Waals surface area contributed by atoms with E-state index in [2.05, 4.69) is 13.2 Å². The van der Waals surface area contributed by atoms with Gasteiger partial charge in [0.1, 0.15) is 0 Å². The Kier molecular flexibility index (Phi) is 5.88. The number of aliphatic hydroxyl groups is 1. The third-order valence-corrected chi connectivity index (χ3v) is 2.70. The summed E-state index contributed by atoms with van der Waals surface area (Å²) in [4.78, 5) is 13.6. The van der Waals surface area contributed by atoms with Crippen LogP contribution in [-0.2, 0) is 4.79 Å². The zero-order valence-corrected chi connectivity index (χ0v) is 10.5. The van der Waals surface area contributed by atoms with Gasteiger partial charge in [0.25, 0.3) is 0 Å². The number of carbonyl (C=O) groups excluding carboxylic acids is 1. The van der Waals surface area contributed by atoms with Crippen molar-refractivity contribution >= 4 is 5.91 Å². The Balaban J connectivity index is 2.97. The van der Waals surface area contributed by atoms with Crippen LogP contribution in [0.5, 0.6) is 0 Å². The molecule has 0 unspecified atom stereocenters. The van der Waals surface area contributed by atoms with E-state index in [9.17, 15) is 9.90 Å². The number of aliphatic hydroxyl groups excluding tert-OH is 1. The molecule has 1 aromatic rings. The molecule has 0 saturated heterocycles. The van der Waals surface area contributed by atoms with Gasteiger partial charge in [-0.25, -0.2) is 0 Å². The fraction of sp³-hybridized carbons (Fsp3) is 0.267. The highest BCUT2D eigenvalue weighted by atomic mass is 16.3. The van der Waals surface area contributed by atoms with Gasteiger partial charge < -0.3 is 10.0 Å². The summed E-state index contributed by atoms with van der Waals surface area (Å²) in [6.45, 7) is 7.52. The molecule has 1 atom stereocenters. The molecule has 0 spiro atoms. The van der Waals surface area contributed by atoms with Crippen molar-refractivity contribution < 1.29 is 9.90 Å². The number of carbonyl (C=O) groups is 1. The summed E-state index contributed by atoms with van der Waals surface area (Å²) in [5.41, 5.74) is 0.916. The Morgan fingerprint density at radius 2 is 1.94 bits per heavy atom. The lowest BCUT2D eigenvalue weighted by atomic mass is 10.1. The third kappa shape index (κ3) is 3.57. The molecule has 0 aliphatic carbocycles. The summed E-state index contributed by atoms with van der Waals surface area (Å²) >= 11 is 0. The molecule has 0 bridgehead atoms. The second-order valence-electron chi connectivity index (χ2n) is 3.94. The molecule has 0 fully saturated rings. The summed E-state index contributed by atoms with van der Waals surface area (Å²) in [6.07, 6.45) is 3.49. The summed E-state index contributed by atoms with van der Waals surface area (Å²) in [7, 11) is 0. The molecule has 0 aliphatic rings. The minimum absolute atomic E-state index is 0.0622. The lowest BCUT2D eigenvalue weighted by Crippen LogP contribution is -2.36. The van der Waals surface area contributed by atoms with Gasteiger partial charge in [-0.1, -0.05) is 42.5 Å². The first-order valence-corrected chi connectivity index (χ1v) is 5.91. The van der Waals surface area contributed by atoms with Crippen LogP contribution < -0.4 is 0 Å². The molecule has 1 aromatic carbocycles. The van der Waals surface area contributed by atoms with Crippen molar-refractivity contribution in [1.29, 1.82) is 0 Å². The highest BCUT2D eigenvalue weighted by molar-refractivity contribution is 5.78. The van der Waals surface area contributed by atoms with E-state index in [1.54, 1.807) is 17.1 Å². The first-order valence-electron chi connectivity index (χ1n) is 5.91. The number of amides is 1. The van der Waals surface area contributed by atoms with Crippen LogP contribution in [0.4, 0.5) is 0 Å². The first-order chi connectivity index (χ1) is 8.74. The number of rotatable bonds is 7. The molecule has 3 heteroatoms. The summed E-state index contributed by atoms with van der Waals surface area (Å²) in [5, 5.41) is 9.54. The molecule has 18 heavy (non-hydrogen) atoms. The lowest BCUT2D eigenvalue weighted by molar-refractivity contribution is -0.133. The highest BCUT2D eigenvalue weighted by Gasteiger charge is 2.22. The molecule has 0 aliphatic heterocycles. The van der Waals surface area contributed by atoms with E-state index in [1.165, 1.54) is 0 Å². The minimum Gasteiger partial charge on any atom is -0.394 e. The average Bonchev–Trinajstić information content (AvgIpc) is 2.40. The molecule has 1 rings (SSSR count). The van der Waals surface area contributed by atoms with E-state index in [1.807, 2.05) is 30.3 Å². The summed E-state index contributed by atoms with van der Waals surface area (Å²) in [5.74, 6) is -0.0622. The number of hydrogen-bond acceptors (Lipinski definition) is 2. The van der Waals surface area contributed by atoms with E-state index >= 15 is 0 Å².